The fourth-order valence-corrected chi connectivity index (χ4v) is 2.20. The van der Waals surface area contributed by atoms with Crippen LogP contribution in [0.3, 0.4) is 0 Å². The predicted octanol–water partition coefficient (Wildman–Crippen LogP) is 1.35. The molecule has 0 radical (unpaired) electrons. The zero-order valence-corrected chi connectivity index (χ0v) is 8.39. The Morgan fingerprint density at radius 3 is 2.86 bits per heavy atom. The number of hydrogen-bond donors (Lipinski definition) is 1. The Labute approximate surface area is 84.0 Å². The standard InChI is InChI=1S/C10H17N3O/c14-7-10-12-11-8-13(10)6-9-4-2-1-3-5-9/h8-9,14H,1-7H2. The summed E-state index contributed by atoms with van der Waals surface area (Å²) in [5.41, 5.74) is 0. The van der Waals surface area contributed by atoms with Crippen LogP contribution in [0.25, 0.3) is 0 Å². The molecule has 0 aliphatic heterocycles. The molecule has 2 rings (SSSR count). The summed E-state index contributed by atoms with van der Waals surface area (Å²) in [7, 11) is 0. The lowest BCUT2D eigenvalue weighted by Gasteiger charge is -2.22. The number of hydrogen-bond acceptors (Lipinski definition) is 3. The lowest BCUT2D eigenvalue weighted by molar-refractivity contribution is 0.254. The maximum Gasteiger partial charge on any atom is 0.158 e. The Morgan fingerprint density at radius 1 is 1.36 bits per heavy atom. The van der Waals surface area contributed by atoms with Crippen molar-refractivity contribution in [1.82, 2.24) is 14.8 Å². The molecule has 0 unspecified atom stereocenters. The summed E-state index contributed by atoms with van der Waals surface area (Å²) < 4.78 is 1.98. The summed E-state index contributed by atoms with van der Waals surface area (Å²) in [6, 6.07) is 0. The molecule has 1 aliphatic carbocycles. The topological polar surface area (TPSA) is 50.9 Å². The lowest BCUT2D eigenvalue weighted by Crippen LogP contribution is -2.15. The van der Waals surface area contributed by atoms with Gasteiger partial charge in [-0.2, -0.15) is 0 Å². The second-order valence-electron chi connectivity index (χ2n) is 4.06. The highest BCUT2D eigenvalue weighted by atomic mass is 16.3. The number of aliphatic hydroxyl groups is 1. The summed E-state index contributed by atoms with van der Waals surface area (Å²) in [5, 5.41) is 16.7. The van der Waals surface area contributed by atoms with Crippen LogP contribution in [0.2, 0.25) is 0 Å². The van der Waals surface area contributed by atoms with Crippen molar-refractivity contribution in [3.8, 4) is 0 Å². The number of rotatable bonds is 3. The van der Waals surface area contributed by atoms with E-state index >= 15 is 0 Å². The quantitative estimate of drug-likeness (QED) is 0.792. The van der Waals surface area contributed by atoms with E-state index in [4.69, 9.17) is 5.11 Å². The van der Waals surface area contributed by atoms with Crippen molar-refractivity contribution in [2.75, 3.05) is 0 Å². The Bertz CT molecular complexity index is 279. The van der Waals surface area contributed by atoms with Crippen LogP contribution >= 0.6 is 0 Å². The minimum Gasteiger partial charge on any atom is -0.388 e. The number of aliphatic hydroxyl groups excluding tert-OH is 1. The van der Waals surface area contributed by atoms with E-state index in [1.54, 1.807) is 6.33 Å². The van der Waals surface area contributed by atoms with Crippen LogP contribution in [0.15, 0.2) is 6.33 Å². The molecule has 1 fully saturated rings. The summed E-state index contributed by atoms with van der Waals surface area (Å²) >= 11 is 0. The van der Waals surface area contributed by atoms with Crippen molar-refractivity contribution in [3.63, 3.8) is 0 Å². The Morgan fingerprint density at radius 2 is 2.14 bits per heavy atom. The van der Waals surface area contributed by atoms with Gasteiger partial charge in [-0.3, -0.25) is 0 Å². The van der Waals surface area contributed by atoms with Gasteiger partial charge in [0, 0.05) is 6.54 Å². The van der Waals surface area contributed by atoms with Gasteiger partial charge in [0.2, 0.25) is 0 Å². The minimum atomic E-state index is -0.00722. The van der Waals surface area contributed by atoms with Crippen LogP contribution in [-0.4, -0.2) is 19.9 Å². The van der Waals surface area contributed by atoms with E-state index in [-0.39, 0.29) is 6.61 Å². The van der Waals surface area contributed by atoms with Crippen molar-refractivity contribution >= 4 is 0 Å². The van der Waals surface area contributed by atoms with Crippen molar-refractivity contribution < 1.29 is 5.11 Å². The first-order valence-electron chi connectivity index (χ1n) is 5.37. The van der Waals surface area contributed by atoms with Gasteiger partial charge in [-0.25, -0.2) is 0 Å². The third-order valence-corrected chi connectivity index (χ3v) is 3.02. The molecule has 78 valence electrons. The number of nitrogens with zero attached hydrogens (tertiary/aromatic N) is 3. The third kappa shape index (κ3) is 2.12. The molecule has 0 aromatic carbocycles. The Balaban J connectivity index is 1.95. The lowest BCUT2D eigenvalue weighted by atomic mass is 9.89. The molecule has 1 aliphatic rings. The summed E-state index contributed by atoms with van der Waals surface area (Å²) in [6.07, 6.45) is 8.42. The SMILES string of the molecule is OCc1nncn1CC1CCCCC1. The van der Waals surface area contributed by atoms with Gasteiger partial charge in [0.25, 0.3) is 0 Å². The molecule has 1 N–H and O–H groups in total. The summed E-state index contributed by atoms with van der Waals surface area (Å²) in [5.74, 6) is 1.45. The Kier molecular flexibility index (Phi) is 3.14. The third-order valence-electron chi connectivity index (χ3n) is 3.02. The molecule has 4 nitrogen and oxygen atoms in total. The van der Waals surface area contributed by atoms with Crippen molar-refractivity contribution in [3.05, 3.63) is 12.2 Å². The average Bonchev–Trinajstić information content (AvgIpc) is 2.67. The Hall–Kier alpha value is -0.900. The molecule has 0 bridgehead atoms. The monoisotopic (exact) mass is 195 g/mol. The fraction of sp³-hybridized carbons (Fsp3) is 0.800. The van der Waals surface area contributed by atoms with E-state index < -0.39 is 0 Å². The normalized spacial score (nSPS) is 18.6. The number of aromatic nitrogens is 3. The molecule has 0 saturated heterocycles. The maximum absolute atomic E-state index is 9.01. The van der Waals surface area contributed by atoms with E-state index in [9.17, 15) is 0 Å². The minimum absolute atomic E-state index is 0.00722. The van der Waals surface area contributed by atoms with Crippen LogP contribution in [-0.2, 0) is 13.2 Å². The van der Waals surface area contributed by atoms with Gasteiger partial charge in [-0.05, 0) is 18.8 Å². The first kappa shape index (κ1) is 9.65. The smallest absolute Gasteiger partial charge is 0.158 e. The summed E-state index contributed by atoms with van der Waals surface area (Å²) in [4.78, 5) is 0. The van der Waals surface area contributed by atoms with Crippen LogP contribution in [0.4, 0.5) is 0 Å². The molecule has 0 amide bonds. The molecular weight excluding hydrogens is 178 g/mol. The van der Waals surface area contributed by atoms with Gasteiger partial charge in [-0.15, -0.1) is 10.2 Å². The highest BCUT2D eigenvalue weighted by Gasteiger charge is 2.15. The zero-order valence-electron chi connectivity index (χ0n) is 8.39. The predicted molar refractivity (Wildman–Crippen MR) is 52.5 cm³/mol. The van der Waals surface area contributed by atoms with Crippen molar-refractivity contribution in [2.24, 2.45) is 5.92 Å². The largest absolute Gasteiger partial charge is 0.388 e. The first-order valence-corrected chi connectivity index (χ1v) is 5.37. The zero-order chi connectivity index (χ0) is 9.80. The van der Waals surface area contributed by atoms with E-state index in [0.717, 1.165) is 12.5 Å². The van der Waals surface area contributed by atoms with E-state index in [1.165, 1.54) is 32.1 Å². The van der Waals surface area contributed by atoms with E-state index in [1.807, 2.05) is 4.57 Å². The molecule has 4 heteroatoms. The van der Waals surface area contributed by atoms with Crippen LogP contribution < -0.4 is 0 Å². The molecule has 1 heterocycles. The van der Waals surface area contributed by atoms with E-state index in [0.29, 0.717) is 5.82 Å². The van der Waals surface area contributed by atoms with Crippen LogP contribution in [0.5, 0.6) is 0 Å². The second-order valence-corrected chi connectivity index (χ2v) is 4.06. The average molecular weight is 195 g/mol. The molecule has 1 saturated carbocycles. The molecule has 14 heavy (non-hydrogen) atoms. The molecule has 1 aromatic rings. The maximum atomic E-state index is 9.01. The van der Waals surface area contributed by atoms with Gasteiger partial charge in [0.15, 0.2) is 5.82 Å². The molecule has 1 aromatic heterocycles. The van der Waals surface area contributed by atoms with Crippen molar-refractivity contribution in [1.29, 1.82) is 0 Å². The van der Waals surface area contributed by atoms with Gasteiger partial charge in [0.05, 0.1) is 0 Å². The molecular formula is C10H17N3O. The van der Waals surface area contributed by atoms with Gasteiger partial charge >= 0.3 is 0 Å². The van der Waals surface area contributed by atoms with Crippen molar-refractivity contribution in [2.45, 2.75) is 45.3 Å². The van der Waals surface area contributed by atoms with Gasteiger partial charge in [0.1, 0.15) is 12.9 Å². The van der Waals surface area contributed by atoms with Gasteiger partial charge < -0.3 is 9.67 Å². The second kappa shape index (κ2) is 4.55. The first-order chi connectivity index (χ1) is 6.90. The fourth-order valence-electron chi connectivity index (χ4n) is 2.20. The van der Waals surface area contributed by atoms with Crippen LogP contribution in [0.1, 0.15) is 37.9 Å². The highest BCUT2D eigenvalue weighted by Crippen LogP contribution is 2.25. The highest BCUT2D eigenvalue weighted by molar-refractivity contribution is 4.83. The molecule has 0 atom stereocenters. The summed E-state index contributed by atoms with van der Waals surface area (Å²) in [6.45, 7) is 0.968. The van der Waals surface area contributed by atoms with Gasteiger partial charge in [-0.1, -0.05) is 19.3 Å². The molecule has 0 spiro atoms. The van der Waals surface area contributed by atoms with Crippen LogP contribution in [0, 0.1) is 5.92 Å². The van der Waals surface area contributed by atoms with E-state index in [2.05, 4.69) is 10.2 Å².